The van der Waals surface area contributed by atoms with Crippen molar-refractivity contribution >= 4 is 19.4 Å². The predicted molar refractivity (Wildman–Crippen MR) is 93.8 cm³/mol. The molecule has 22 heavy (non-hydrogen) atoms. The highest BCUT2D eigenvalue weighted by Gasteiger charge is 2.07. The Morgan fingerprint density at radius 3 is 1.95 bits per heavy atom. The molecule has 2 aromatic carbocycles. The summed E-state index contributed by atoms with van der Waals surface area (Å²) in [6, 6.07) is 14.0. The fourth-order valence-corrected chi connectivity index (χ4v) is 2.09. The van der Waals surface area contributed by atoms with Crippen LogP contribution in [0.1, 0.15) is 9.68 Å². The zero-order chi connectivity index (χ0) is 18.5. The van der Waals surface area contributed by atoms with E-state index in [1.54, 1.807) is 24.3 Å². The molecule has 0 saturated heterocycles. The minimum absolute atomic E-state index is 0.268. The van der Waals surface area contributed by atoms with E-state index in [9.17, 15) is 0 Å². The van der Waals surface area contributed by atoms with Crippen LogP contribution in [0.25, 0.3) is 0 Å². The van der Waals surface area contributed by atoms with Gasteiger partial charge in [-0.05, 0) is 48.5 Å². The molecule has 4 heteroatoms. The molecular weight excluding hydrogens is 288 g/mol. The van der Waals surface area contributed by atoms with Gasteiger partial charge >= 0.3 is 0 Å². The quantitative estimate of drug-likeness (QED) is 0.428. The standard InChI is InChI=1S/C18H20N2OSi/c1-21-18-11-9-17(10-12-18)20-19-16-7-5-15(6-8-16)13-14-22(2,3)4/h5-12H,1-4H3/i1D3. The average Bonchev–Trinajstić information content (AvgIpc) is 2.51. The number of hydrogen-bond acceptors (Lipinski definition) is 3. The molecule has 0 saturated carbocycles. The number of nitrogens with zero attached hydrogens (tertiary/aromatic N) is 2. The van der Waals surface area contributed by atoms with E-state index in [0.29, 0.717) is 5.69 Å². The molecule has 3 nitrogen and oxygen atoms in total. The van der Waals surface area contributed by atoms with Crippen LogP contribution in [0.2, 0.25) is 19.6 Å². The van der Waals surface area contributed by atoms with E-state index in [1.165, 1.54) is 0 Å². The maximum Gasteiger partial charge on any atom is 0.129 e. The van der Waals surface area contributed by atoms with Crippen LogP contribution in [-0.2, 0) is 0 Å². The Morgan fingerprint density at radius 1 is 0.909 bits per heavy atom. The molecule has 2 aromatic rings. The van der Waals surface area contributed by atoms with Gasteiger partial charge in [0, 0.05) is 5.56 Å². The van der Waals surface area contributed by atoms with Crippen molar-refractivity contribution in [2.45, 2.75) is 19.6 Å². The molecule has 0 aliphatic rings. The maximum atomic E-state index is 7.06. The van der Waals surface area contributed by atoms with Crippen molar-refractivity contribution in [2.24, 2.45) is 10.2 Å². The molecule has 0 aromatic heterocycles. The third-order valence-corrected chi connectivity index (χ3v) is 3.56. The minimum Gasteiger partial charge on any atom is -0.497 e. The SMILES string of the molecule is [2H]C([2H])([2H])Oc1ccc(N=Nc2ccc(C#C[Si](C)(C)C)cc2)cc1. The first kappa shape index (κ1) is 12.2. The highest BCUT2D eigenvalue weighted by Crippen LogP contribution is 2.21. The first-order valence-corrected chi connectivity index (χ1v) is 10.4. The number of ether oxygens (including phenoxy) is 1. The lowest BCUT2D eigenvalue weighted by atomic mass is 10.2. The molecule has 2 rings (SSSR count). The third kappa shape index (κ3) is 5.19. The van der Waals surface area contributed by atoms with Crippen LogP contribution < -0.4 is 4.74 Å². The van der Waals surface area contributed by atoms with E-state index in [-0.39, 0.29) is 5.75 Å². The van der Waals surface area contributed by atoms with E-state index in [1.807, 2.05) is 24.3 Å². The van der Waals surface area contributed by atoms with Gasteiger partial charge in [-0.15, -0.1) is 5.54 Å². The summed E-state index contributed by atoms with van der Waals surface area (Å²) < 4.78 is 26.0. The molecule has 0 heterocycles. The van der Waals surface area contributed by atoms with Gasteiger partial charge in [-0.2, -0.15) is 10.2 Å². The number of benzene rings is 2. The summed E-state index contributed by atoms with van der Waals surface area (Å²) >= 11 is 0. The number of methoxy groups -OCH3 is 1. The van der Waals surface area contributed by atoms with Crippen LogP contribution >= 0.6 is 0 Å². The smallest absolute Gasteiger partial charge is 0.129 e. The zero-order valence-electron chi connectivity index (χ0n) is 15.9. The van der Waals surface area contributed by atoms with Gasteiger partial charge in [0.1, 0.15) is 13.8 Å². The fourth-order valence-electron chi connectivity index (χ4n) is 1.57. The predicted octanol–water partition coefficient (Wildman–Crippen LogP) is 5.34. The minimum atomic E-state index is -2.46. The Morgan fingerprint density at radius 2 is 1.45 bits per heavy atom. The van der Waals surface area contributed by atoms with Crippen LogP contribution in [0.4, 0.5) is 11.4 Å². The van der Waals surface area contributed by atoms with Crippen LogP contribution in [0.5, 0.6) is 5.75 Å². The normalized spacial score (nSPS) is 13.7. The Balaban J connectivity index is 2.03. The monoisotopic (exact) mass is 311 g/mol. The van der Waals surface area contributed by atoms with Crippen molar-refractivity contribution in [3.05, 3.63) is 54.1 Å². The number of azo groups is 1. The van der Waals surface area contributed by atoms with Gasteiger partial charge < -0.3 is 4.74 Å². The molecule has 112 valence electrons. The van der Waals surface area contributed by atoms with Gasteiger partial charge in [-0.25, -0.2) is 0 Å². The second-order valence-corrected chi connectivity index (χ2v) is 10.6. The van der Waals surface area contributed by atoms with Gasteiger partial charge in [-0.3, -0.25) is 0 Å². The van der Waals surface area contributed by atoms with Crippen LogP contribution in [0.3, 0.4) is 0 Å². The molecule has 0 aliphatic carbocycles. The average molecular weight is 311 g/mol. The highest BCUT2D eigenvalue weighted by atomic mass is 28.3. The van der Waals surface area contributed by atoms with Crippen LogP contribution in [0.15, 0.2) is 58.8 Å². The number of rotatable bonds is 3. The Kier molecular flexibility index (Phi) is 3.91. The Bertz CT molecular complexity index is 796. The largest absolute Gasteiger partial charge is 0.497 e. The third-order valence-electron chi connectivity index (χ3n) is 2.68. The van der Waals surface area contributed by atoms with Gasteiger partial charge in [0.05, 0.1) is 22.5 Å². The van der Waals surface area contributed by atoms with Crippen molar-refractivity contribution in [3.63, 3.8) is 0 Å². The summed E-state index contributed by atoms with van der Waals surface area (Å²) in [5.41, 5.74) is 5.62. The molecule has 0 N–H and O–H groups in total. The van der Waals surface area contributed by atoms with Gasteiger partial charge in [0.2, 0.25) is 0 Å². The summed E-state index contributed by atoms with van der Waals surface area (Å²) in [7, 11) is -3.84. The van der Waals surface area contributed by atoms with Crippen molar-refractivity contribution in [1.82, 2.24) is 0 Å². The lowest BCUT2D eigenvalue weighted by Crippen LogP contribution is -2.16. The lowest BCUT2D eigenvalue weighted by Gasteiger charge is -2.03. The van der Waals surface area contributed by atoms with Crippen molar-refractivity contribution in [3.8, 4) is 17.2 Å². The van der Waals surface area contributed by atoms with Gasteiger partial charge in [0.15, 0.2) is 0 Å². The molecule has 0 unspecified atom stereocenters. The van der Waals surface area contributed by atoms with Crippen molar-refractivity contribution in [2.75, 3.05) is 7.04 Å². The van der Waals surface area contributed by atoms with E-state index in [4.69, 9.17) is 8.85 Å². The molecule has 0 bridgehead atoms. The van der Waals surface area contributed by atoms with Crippen LogP contribution in [-0.4, -0.2) is 15.1 Å². The van der Waals surface area contributed by atoms with Gasteiger partial charge in [-0.1, -0.05) is 25.6 Å². The molecule has 0 atom stereocenters. The number of hydrogen-bond donors (Lipinski definition) is 0. The first-order chi connectivity index (χ1) is 11.6. The van der Waals surface area contributed by atoms with E-state index >= 15 is 0 Å². The summed E-state index contributed by atoms with van der Waals surface area (Å²) in [4.78, 5) is 0. The summed E-state index contributed by atoms with van der Waals surface area (Å²) in [6.45, 7) is 6.62. The highest BCUT2D eigenvalue weighted by molar-refractivity contribution is 6.83. The maximum absolute atomic E-state index is 7.06. The molecular formula is C18H20N2OSi. The molecule has 0 aliphatic heterocycles. The molecule has 0 amide bonds. The topological polar surface area (TPSA) is 34.0 Å². The lowest BCUT2D eigenvalue weighted by molar-refractivity contribution is 0.415. The fraction of sp³-hybridized carbons (Fsp3) is 0.222. The second kappa shape index (κ2) is 7.06. The second-order valence-electron chi connectivity index (χ2n) is 5.84. The van der Waals surface area contributed by atoms with E-state index in [0.717, 1.165) is 11.3 Å². The van der Waals surface area contributed by atoms with Crippen molar-refractivity contribution < 1.29 is 8.85 Å². The first-order valence-electron chi connectivity index (χ1n) is 8.45. The summed E-state index contributed by atoms with van der Waals surface area (Å²) in [5.74, 6) is 3.46. The Hall–Kier alpha value is -2.38. The summed E-state index contributed by atoms with van der Waals surface area (Å²) in [5, 5.41) is 8.29. The van der Waals surface area contributed by atoms with Crippen LogP contribution in [0, 0.1) is 11.5 Å². The molecule has 0 fully saturated rings. The molecule has 0 radical (unpaired) electrons. The summed E-state index contributed by atoms with van der Waals surface area (Å²) in [6.07, 6.45) is 0. The Labute approximate surface area is 137 Å². The van der Waals surface area contributed by atoms with E-state index < -0.39 is 15.1 Å². The van der Waals surface area contributed by atoms with E-state index in [2.05, 4.69) is 41.3 Å². The van der Waals surface area contributed by atoms with Gasteiger partial charge in [0.25, 0.3) is 0 Å². The molecule has 0 spiro atoms. The van der Waals surface area contributed by atoms with Crippen molar-refractivity contribution in [1.29, 1.82) is 0 Å². The zero-order valence-corrected chi connectivity index (χ0v) is 13.9.